The van der Waals surface area contributed by atoms with Crippen molar-refractivity contribution in [1.29, 1.82) is 0 Å². The van der Waals surface area contributed by atoms with E-state index in [-0.39, 0.29) is 5.91 Å². The van der Waals surface area contributed by atoms with Crippen LogP contribution in [0.1, 0.15) is 37.5 Å². The molecule has 1 amide bonds. The first-order chi connectivity index (χ1) is 10.1. The number of rotatable bonds is 6. The van der Waals surface area contributed by atoms with Gasteiger partial charge in [0, 0.05) is 24.2 Å². The second-order valence-corrected chi connectivity index (χ2v) is 4.74. The van der Waals surface area contributed by atoms with Crippen molar-refractivity contribution >= 4 is 17.3 Å². The van der Waals surface area contributed by atoms with Crippen LogP contribution in [0.4, 0.5) is 11.4 Å². The molecule has 1 aromatic carbocycles. The van der Waals surface area contributed by atoms with E-state index < -0.39 is 0 Å². The van der Waals surface area contributed by atoms with Gasteiger partial charge in [0.05, 0.1) is 6.54 Å². The number of anilines is 2. The van der Waals surface area contributed by atoms with Crippen LogP contribution in [-0.4, -0.2) is 16.0 Å². The summed E-state index contributed by atoms with van der Waals surface area (Å²) < 4.78 is 5.14. The molecule has 2 aromatic rings. The van der Waals surface area contributed by atoms with Gasteiger partial charge in [0.2, 0.25) is 11.8 Å². The minimum absolute atomic E-state index is 0.00529. The monoisotopic (exact) mass is 288 g/mol. The predicted octanol–water partition coefficient (Wildman–Crippen LogP) is 2.90. The summed E-state index contributed by atoms with van der Waals surface area (Å²) in [5.41, 5.74) is 2.79. The summed E-state index contributed by atoms with van der Waals surface area (Å²) in [7, 11) is 0. The van der Waals surface area contributed by atoms with E-state index in [1.165, 1.54) is 0 Å². The van der Waals surface area contributed by atoms with Crippen LogP contribution in [0.2, 0.25) is 0 Å². The van der Waals surface area contributed by atoms with Crippen molar-refractivity contribution in [3.63, 3.8) is 0 Å². The van der Waals surface area contributed by atoms with Gasteiger partial charge < -0.3 is 15.2 Å². The minimum atomic E-state index is -0.00529. The average Bonchev–Trinajstić information content (AvgIpc) is 2.95. The molecule has 0 unspecified atom stereocenters. The first-order valence-electron chi connectivity index (χ1n) is 7.08. The summed E-state index contributed by atoms with van der Waals surface area (Å²) in [6, 6.07) is 5.74. The molecule has 112 valence electrons. The van der Waals surface area contributed by atoms with Crippen LogP contribution in [-0.2, 0) is 17.8 Å². The normalized spacial score (nSPS) is 10.4. The van der Waals surface area contributed by atoms with Gasteiger partial charge in [0.15, 0.2) is 5.82 Å². The van der Waals surface area contributed by atoms with Crippen LogP contribution in [0.25, 0.3) is 0 Å². The molecule has 0 aliphatic heterocycles. The molecule has 0 bridgehead atoms. The Kier molecular flexibility index (Phi) is 4.92. The molecule has 1 heterocycles. The van der Waals surface area contributed by atoms with Gasteiger partial charge in [0.25, 0.3) is 0 Å². The summed E-state index contributed by atoms with van der Waals surface area (Å²) in [6.07, 6.45) is 1.21. The zero-order chi connectivity index (χ0) is 15.2. The lowest BCUT2D eigenvalue weighted by molar-refractivity contribution is -0.115. The third kappa shape index (κ3) is 4.05. The van der Waals surface area contributed by atoms with Gasteiger partial charge in [0.1, 0.15) is 0 Å². The average molecular weight is 288 g/mol. The van der Waals surface area contributed by atoms with E-state index in [4.69, 9.17) is 4.52 Å². The van der Waals surface area contributed by atoms with Crippen LogP contribution in [0.15, 0.2) is 22.7 Å². The highest BCUT2D eigenvalue weighted by Crippen LogP contribution is 2.21. The van der Waals surface area contributed by atoms with E-state index in [0.29, 0.717) is 24.7 Å². The second kappa shape index (κ2) is 6.88. The van der Waals surface area contributed by atoms with Crippen LogP contribution in [0.5, 0.6) is 0 Å². The minimum Gasteiger partial charge on any atom is -0.376 e. The Morgan fingerprint density at radius 1 is 1.33 bits per heavy atom. The SMILES string of the molecule is CCC(=O)Nc1ccc(C)c(NCc2nc(CC)no2)c1. The number of amides is 1. The Morgan fingerprint density at radius 3 is 2.81 bits per heavy atom. The molecule has 6 nitrogen and oxygen atoms in total. The van der Waals surface area contributed by atoms with E-state index in [9.17, 15) is 4.79 Å². The molecule has 0 atom stereocenters. The molecular formula is C15H20N4O2. The van der Waals surface area contributed by atoms with Gasteiger partial charge in [-0.3, -0.25) is 4.79 Å². The Balaban J connectivity index is 2.04. The molecule has 0 radical (unpaired) electrons. The number of carbonyl (C=O) groups is 1. The van der Waals surface area contributed by atoms with E-state index in [1.807, 2.05) is 39.0 Å². The Bertz CT molecular complexity index is 622. The van der Waals surface area contributed by atoms with E-state index in [1.54, 1.807) is 0 Å². The first kappa shape index (κ1) is 15.0. The maximum absolute atomic E-state index is 11.4. The fourth-order valence-electron chi connectivity index (χ4n) is 1.82. The lowest BCUT2D eigenvalue weighted by Gasteiger charge is -2.10. The lowest BCUT2D eigenvalue weighted by Crippen LogP contribution is -2.10. The Morgan fingerprint density at radius 2 is 2.14 bits per heavy atom. The van der Waals surface area contributed by atoms with Gasteiger partial charge >= 0.3 is 0 Å². The number of nitrogens with zero attached hydrogens (tertiary/aromatic N) is 2. The molecule has 2 N–H and O–H groups in total. The molecule has 1 aromatic heterocycles. The number of aryl methyl sites for hydroxylation is 2. The van der Waals surface area contributed by atoms with Crippen molar-refractivity contribution in [2.75, 3.05) is 10.6 Å². The number of hydrogen-bond donors (Lipinski definition) is 2. The summed E-state index contributed by atoms with van der Waals surface area (Å²) in [5, 5.41) is 9.95. The molecule has 6 heteroatoms. The third-order valence-electron chi connectivity index (χ3n) is 3.10. The fourth-order valence-corrected chi connectivity index (χ4v) is 1.82. The zero-order valence-electron chi connectivity index (χ0n) is 12.6. The van der Waals surface area contributed by atoms with E-state index >= 15 is 0 Å². The second-order valence-electron chi connectivity index (χ2n) is 4.74. The van der Waals surface area contributed by atoms with Crippen LogP contribution in [0, 0.1) is 6.92 Å². The predicted molar refractivity (Wildman–Crippen MR) is 81.1 cm³/mol. The number of aromatic nitrogens is 2. The number of hydrogen-bond acceptors (Lipinski definition) is 5. The lowest BCUT2D eigenvalue weighted by atomic mass is 10.1. The van der Waals surface area contributed by atoms with Crippen molar-refractivity contribution in [2.45, 2.75) is 40.2 Å². The van der Waals surface area contributed by atoms with Gasteiger partial charge in [-0.15, -0.1) is 0 Å². The maximum Gasteiger partial charge on any atom is 0.245 e. The zero-order valence-corrected chi connectivity index (χ0v) is 12.6. The molecule has 0 spiro atoms. The summed E-state index contributed by atoms with van der Waals surface area (Å²) >= 11 is 0. The van der Waals surface area contributed by atoms with E-state index in [0.717, 1.165) is 23.4 Å². The molecule has 0 saturated carbocycles. The van der Waals surface area contributed by atoms with Crippen LogP contribution in [0.3, 0.4) is 0 Å². The molecule has 0 aliphatic rings. The number of nitrogens with one attached hydrogen (secondary N) is 2. The van der Waals surface area contributed by atoms with Crippen LogP contribution < -0.4 is 10.6 Å². The van der Waals surface area contributed by atoms with E-state index in [2.05, 4.69) is 20.8 Å². The highest BCUT2D eigenvalue weighted by atomic mass is 16.5. The van der Waals surface area contributed by atoms with Crippen molar-refractivity contribution < 1.29 is 9.32 Å². The molecule has 2 rings (SSSR count). The number of carbonyl (C=O) groups excluding carboxylic acids is 1. The molecule has 21 heavy (non-hydrogen) atoms. The van der Waals surface area contributed by atoms with Gasteiger partial charge in [-0.25, -0.2) is 0 Å². The van der Waals surface area contributed by atoms with Crippen molar-refractivity contribution in [1.82, 2.24) is 10.1 Å². The summed E-state index contributed by atoms with van der Waals surface area (Å²) in [6.45, 7) is 6.26. The quantitative estimate of drug-likeness (QED) is 0.854. The maximum atomic E-state index is 11.4. The summed E-state index contributed by atoms with van der Waals surface area (Å²) in [4.78, 5) is 15.7. The molecule has 0 fully saturated rings. The standard InChI is InChI=1S/C15H20N4O2/c1-4-13-18-15(21-19-13)9-16-12-8-11(7-6-10(12)3)17-14(20)5-2/h6-8,16H,4-5,9H2,1-3H3,(H,17,20). The van der Waals surface area contributed by atoms with Crippen molar-refractivity contribution in [3.05, 3.63) is 35.5 Å². The Labute approximate surface area is 123 Å². The highest BCUT2D eigenvalue weighted by molar-refractivity contribution is 5.91. The first-order valence-corrected chi connectivity index (χ1v) is 7.08. The van der Waals surface area contributed by atoms with Gasteiger partial charge in [-0.2, -0.15) is 4.98 Å². The third-order valence-corrected chi connectivity index (χ3v) is 3.10. The topological polar surface area (TPSA) is 80.0 Å². The van der Waals surface area contributed by atoms with Crippen molar-refractivity contribution in [3.8, 4) is 0 Å². The smallest absolute Gasteiger partial charge is 0.245 e. The largest absolute Gasteiger partial charge is 0.376 e. The highest BCUT2D eigenvalue weighted by Gasteiger charge is 2.07. The summed E-state index contributed by atoms with van der Waals surface area (Å²) in [5.74, 6) is 1.25. The molecular weight excluding hydrogens is 268 g/mol. The molecule has 0 saturated heterocycles. The van der Waals surface area contributed by atoms with Crippen molar-refractivity contribution in [2.24, 2.45) is 0 Å². The van der Waals surface area contributed by atoms with Crippen LogP contribution >= 0.6 is 0 Å². The number of benzene rings is 1. The molecule has 0 aliphatic carbocycles. The Hall–Kier alpha value is -2.37. The van der Waals surface area contributed by atoms with Gasteiger partial charge in [-0.1, -0.05) is 25.1 Å². The van der Waals surface area contributed by atoms with Gasteiger partial charge in [-0.05, 0) is 24.6 Å². The fraction of sp³-hybridized carbons (Fsp3) is 0.400.